The number of hydrogen-bond acceptors (Lipinski definition) is 2. The molecule has 32 heavy (non-hydrogen) atoms. The summed E-state index contributed by atoms with van der Waals surface area (Å²) < 4.78 is 12.7. The zero-order valence-electron chi connectivity index (χ0n) is 17.7. The third-order valence-corrected chi connectivity index (χ3v) is 5.55. The molecule has 1 atom stereocenters. The maximum absolute atomic E-state index is 6.60. The molecular formula is C30H24O2. The van der Waals surface area contributed by atoms with Gasteiger partial charge in [0.2, 0.25) is 0 Å². The Morgan fingerprint density at radius 3 is 1.84 bits per heavy atom. The van der Waals surface area contributed by atoms with E-state index in [1.165, 1.54) is 16.5 Å². The zero-order chi connectivity index (χ0) is 21.6. The summed E-state index contributed by atoms with van der Waals surface area (Å²) >= 11 is 0. The molecule has 0 fully saturated rings. The second kappa shape index (κ2) is 9.40. The first-order valence-electron chi connectivity index (χ1n) is 10.8. The fourth-order valence-electron chi connectivity index (χ4n) is 3.95. The Morgan fingerprint density at radius 1 is 0.531 bits per heavy atom. The van der Waals surface area contributed by atoms with Gasteiger partial charge in [-0.05, 0) is 40.3 Å². The molecule has 5 aromatic carbocycles. The van der Waals surface area contributed by atoms with E-state index in [1.807, 2.05) is 54.6 Å². The van der Waals surface area contributed by atoms with Gasteiger partial charge in [0, 0.05) is 5.39 Å². The van der Waals surface area contributed by atoms with Crippen molar-refractivity contribution >= 4 is 10.8 Å². The zero-order valence-corrected chi connectivity index (χ0v) is 17.7. The highest BCUT2D eigenvalue weighted by atomic mass is 16.5. The summed E-state index contributed by atoms with van der Waals surface area (Å²) in [6.45, 7) is 0.419. The van der Waals surface area contributed by atoms with E-state index >= 15 is 0 Å². The largest absolute Gasteiger partial charge is 0.489 e. The van der Waals surface area contributed by atoms with E-state index in [2.05, 4.69) is 72.8 Å². The van der Waals surface area contributed by atoms with Crippen molar-refractivity contribution in [2.45, 2.75) is 6.10 Å². The molecule has 0 aromatic heterocycles. The van der Waals surface area contributed by atoms with Crippen LogP contribution in [0, 0.1) is 0 Å². The monoisotopic (exact) mass is 416 g/mol. The number of fused-ring (bicyclic) bond motifs is 1. The molecule has 1 unspecified atom stereocenters. The van der Waals surface area contributed by atoms with Crippen molar-refractivity contribution in [3.05, 3.63) is 133 Å². The summed E-state index contributed by atoms with van der Waals surface area (Å²) in [6.07, 6.45) is -0.234. The smallest absolute Gasteiger partial charge is 0.158 e. The fraction of sp³-hybridized carbons (Fsp3) is 0.0667. The molecule has 0 spiro atoms. The fourth-order valence-corrected chi connectivity index (χ4v) is 3.95. The molecule has 0 amide bonds. The molecule has 0 saturated carbocycles. The molecule has 0 saturated heterocycles. The predicted molar refractivity (Wildman–Crippen MR) is 131 cm³/mol. The first kappa shape index (κ1) is 19.9. The van der Waals surface area contributed by atoms with Gasteiger partial charge in [-0.1, -0.05) is 109 Å². The van der Waals surface area contributed by atoms with Crippen LogP contribution in [0.25, 0.3) is 21.9 Å². The van der Waals surface area contributed by atoms with Crippen LogP contribution in [-0.2, 0) is 0 Å². The molecule has 0 N–H and O–H groups in total. The minimum Gasteiger partial charge on any atom is -0.489 e. The standard InChI is InChI=1S/C30H24O2/c1-4-12-23(13-5-1)26-20-21-29(28-19-11-10-18-27(26)28)32-30(24-14-6-2-7-15-24)22-31-25-16-8-3-9-17-25/h1-21,30H,22H2. The van der Waals surface area contributed by atoms with Crippen LogP contribution >= 0.6 is 0 Å². The van der Waals surface area contributed by atoms with Crippen molar-refractivity contribution in [1.82, 2.24) is 0 Å². The molecular weight excluding hydrogens is 392 g/mol. The van der Waals surface area contributed by atoms with E-state index < -0.39 is 0 Å². The normalized spacial score (nSPS) is 11.8. The minimum absolute atomic E-state index is 0.234. The second-order valence-electron chi connectivity index (χ2n) is 7.66. The molecule has 5 aromatic rings. The number of para-hydroxylation sites is 1. The summed E-state index contributed by atoms with van der Waals surface area (Å²) in [7, 11) is 0. The van der Waals surface area contributed by atoms with Crippen molar-refractivity contribution in [2.75, 3.05) is 6.61 Å². The highest BCUT2D eigenvalue weighted by molar-refractivity contribution is 6.00. The third kappa shape index (κ3) is 4.35. The van der Waals surface area contributed by atoms with Crippen LogP contribution in [0.3, 0.4) is 0 Å². The number of benzene rings is 5. The lowest BCUT2D eigenvalue weighted by atomic mass is 9.97. The predicted octanol–water partition coefficient (Wildman–Crippen LogP) is 7.71. The molecule has 0 bridgehead atoms. The molecule has 0 aliphatic carbocycles. The van der Waals surface area contributed by atoms with E-state index in [4.69, 9.17) is 9.47 Å². The Balaban J connectivity index is 1.50. The van der Waals surface area contributed by atoms with Gasteiger partial charge in [-0.3, -0.25) is 0 Å². The molecule has 2 nitrogen and oxygen atoms in total. The van der Waals surface area contributed by atoms with E-state index in [-0.39, 0.29) is 6.10 Å². The molecule has 0 radical (unpaired) electrons. The van der Waals surface area contributed by atoms with Gasteiger partial charge >= 0.3 is 0 Å². The molecule has 156 valence electrons. The Bertz CT molecular complexity index is 1280. The summed E-state index contributed by atoms with van der Waals surface area (Å²) in [5.74, 6) is 1.69. The molecule has 0 aliphatic rings. The summed E-state index contributed by atoms with van der Waals surface area (Å²) in [6, 6.07) is 43.2. The molecule has 0 aliphatic heterocycles. The highest BCUT2D eigenvalue weighted by Crippen LogP contribution is 2.36. The lowest BCUT2D eigenvalue weighted by Gasteiger charge is -2.22. The maximum atomic E-state index is 6.60. The Labute approximate surface area is 188 Å². The van der Waals surface area contributed by atoms with Crippen LogP contribution in [0.15, 0.2) is 127 Å². The van der Waals surface area contributed by atoms with Crippen molar-refractivity contribution in [3.8, 4) is 22.6 Å². The Morgan fingerprint density at radius 2 is 1.12 bits per heavy atom. The second-order valence-corrected chi connectivity index (χ2v) is 7.66. The van der Waals surface area contributed by atoms with Gasteiger partial charge in [-0.15, -0.1) is 0 Å². The Hall–Kier alpha value is -4.04. The minimum atomic E-state index is -0.234. The number of ether oxygens (including phenoxy) is 2. The Kier molecular flexibility index (Phi) is 5.85. The molecule has 0 heterocycles. The average molecular weight is 417 g/mol. The van der Waals surface area contributed by atoms with Gasteiger partial charge in [-0.25, -0.2) is 0 Å². The van der Waals surface area contributed by atoms with Crippen LogP contribution < -0.4 is 9.47 Å². The van der Waals surface area contributed by atoms with Gasteiger partial charge in [-0.2, -0.15) is 0 Å². The summed E-state index contributed by atoms with van der Waals surface area (Å²) in [4.78, 5) is 0. The average Bonchev–Trinajstić information content (AvgIpc) is 2.88. The lowest BCUT2D eigenvalue weighted by molar-refractivity contribution is 0.131. The van der Waals surface area contributed by atoms with E-state index in [0.29, 0.717) is 6.61 Å². The van der Waals surface area contributed by atoms with Crippen molar-refractivity contribution in [1.29, 1.82) is 0 Å². The summed E-state index contributed by atoms with van der Waals surface area (Å²) in [5.41, 5.74) is 3.48. The van der Waals surface area contributed by atoms with Crippen LogP contribution in [0.5, 0.6) is 11.5 Å². The van der Waals surface area contributed by atoms with Crippen LogP contribution in [-0.4, -0.2) is 6.61 Å². The molecule has 5 rings (SSSR count). The quantitative estimate of drug-likeness (QED) is 0.270. The number of rotatable bonds is 7. The van der Waals surface area contributed by atoms with Crippen molar-refractivity contribution in [2.24, 2.45) is 0 Å². The topological polar surface area (TPSA) is 18.5 Å². The van der Waals surface area contributed by atoms with Gasteiger partial charge in [0.1, 0.15) is 18.1 Å². The maximum Gasteiger partial charge on any atom is 0.158 e. The molecule has 2 heteroatoms. The van der Waals surface area contributed by atoms with E-state index in [9.17, 15) is 0 Å². The van der Waals surface area contributed by atoms with Gasteiger partial charge in [0.05, 0.1) is 0 Å². The van der Waals surface area contributed by atoms with Crippen molar-refractivity contribution in [3.63, 3.8) is 0 Å². The van der Waals surface area contributed by atoms with Crippen LogP contribution in [0.2, 0.25) is 0 Å². The van der Waals surface area contributed by atoms with Crippen molar-refractivity contribution < 1.29 is 9.47 Å². The SMILES string of the molecule is c1ccc(OCC(Oc2ccc(-c3ccccc3)c3ccccc23)c2ccccc2)cc1. The van der Waals surface area contributed by atoms with Crippen LogP contribution in [0.1, 0.15) is 11.7 Å². The van der Waals surface area contributed by atoms with E-state index in [1.54, 1.807) is 0 Å². The third-order valence-electron chi connectivity index (χ3n) is 5.55. The number of hydrogen-bond donors (Lipinski definition) is 0. The summed E-state index contributed by atoms with van der Waals surface area (Å²) in [5, 5.41) is 2.27. The lowest BCUT2D eigenvalue weighted by Crippen LogP contribution is -2.17. The van der Waals surface area contributed by atoms with E-state index in [0.717, 1.165) is 22.4 Å². The van der Waals surface area contributed by atoms with Crippen LogP contribution in [0.4, 0.5) is 0 Å². The first-order valence-corrected chi connectivity index (χ1v) is 10.8. The highest BCUT2D eigenvalue weighted by Gasteiger charge is 2.17. The first-order chi connectivity index (χ1) is 15.9. The van der Waals surface area contributed by atoms with Gasteiger partial charge in [0.25, 0.3) is 0 Å². The van der Waals surface area contributed by atoms with Gasteiger partial charge < -0.3 is 9.47 Å². The van der Waals surface area contributed by atoms with Gasteiger partial charge in [0.15, 0.2) is 6.10 Å².